The van der Waals surface area contributed by atoms with E-state index in [2.05, 4.69) is 21.3 Å². The number of hydrogen-bond donors (Lipinski definition) is 5. The first-order valence-electron chi connectivity index (χ1n) is 9.39. The van der Waals surface area contributed by atoms with E-state index in [4.69, 9.17) is 0 Å². The molecule has 0 aliphatic heterocycles. The van der Waals surface area contributed by atoms with E-state index in [0.29, 0.717) is 19.3 Å². The first-order valence-corrected chi connectivity index (χ1v) is 9.39. The maximum absolute atomic E-state index is 12.4. The lowest BCUT2D eigenvalue weighted by atomic mass is 10.0. The summed E-state index contributed by atoms with van der Waals surface area (Å²) in [5, 5.41) is 20.0. The molecule has 0 aromatic rings. The molecule has 156 valence electrons. The maximum atomic E-state index is 12.4. The maximum Gasteiger partial charge on any atom is 0.326 e. The molecule has 0 bridgehead atoms. The minimum absolute atomic E-state index is 0.159. The number of carbonyl (C=O) groups is 4. The zero-order chi connectivity index (χ0) is 21.0. The predicted octanol–water partition coefficient (Wildman–Crippen LogP) is 0.00100. The Kier molecular flexibility index (Phi) is 12.0. The summed E-state index contributed by atoms with van der Waals surface area (Å²) in [7, 11) is 1.82. The molecule has 0 unspecified atom stereocenters. The van der Waals surface area contributed by atoms with Crippen molar-refractivity contribution in [1.82, 2.24) is 21.3 Å². The van der Waals surface area contributed by atoms with Crippen molar-refractivity contribution in [1.29, 1.82) is 0 Å². The molecule has 0 aliphatic rings. The lowest BCUT2D eigenvalue weighted by molar-refractivity contribution is -0.142. The van der Waals surface area contributed by atoms with Gasteiger partial charge in [-0.1, -0.05) is 20.8 Å². The highest BCUT2D eigenvalue weighted by atomic mass is 16.4. The second kappa shape index (κ2) is 13.1. The minimum Gasteiger partial charge on any atom is -0.480 e. The number of rotatable bonds is 13. The highest BCUT2D eigenvalue weighted by Gasteiger charge is 2.29. The van der Waals surface area contributed by atoms with E-state index in [9.17, 15) is 24.3 Å². The predicted molar refractivity (Wildman–Crippen MR) is 102 cm³/mol. The Morgan fingerprint density at radius 3 is 1.96 bits per heavy atom. The van der Waals surface area contributed by atoms with Crippen molar-refractivity contribution in [3.63, 3.8) is 0 Å². The van der Waals surface area contributed by atoms with Crippen LogP contribution in [-0.4, -0.2) is 60.5 Å². The Morgan fingerprint density at radius 1 is 0.926 bits per heavy atom. The summed E-state index contributed by atoms with van der Waals surface area (Å²) >= 11 is 0. The van der Waals surface area contributed by atoms with Crippen molar-refractivity contribution >= 4 is 23.7 Å². The van der Waals surface area contributed by atoms with Gasteiger partial charge in [-0.25, -0.2) is 4.79 Å². The van der Waals surface area contributed by atoms with Crippen molar-refractivity contribution in [3.05, 3.63) is 0 Å². The van der Waals surface area contributed by atoms with Gasteiger partial charge < -0.3 is 26.4 Å². The van der Waals surface area contributed by atoms with Gasteiger partial charge in [-0.15, -0.1) is 0 Å². The van der Waals surface area contributed by atoms with E-state index >= 15 is 0 Å². The van der Waals surface area contributed by atoms with Crippen LogP contribution in [0.3, 0.4) is 0 Å². The van der Waals surface area contributed by atoms with Crippen LogP contribution < -0.4 is 21.3 Å². The monoisotopic (exact) mass is 386 g/mol. The molecular weight excluding hydrogens is 352 g/mol. The van der Waals surface area contributed by atoms with E-state index in [0.717, 1.165) is 13.0 Å². The van der Waals surface area contributed by atoms with Crippen molar-refractivity contribution in [2.45, 2.75) is 71.5 Å². The topological polar surface area (TPSA) is 137 Å². The fraction of sp³-hybridized carbons (Fsp3) is 0.778. The van der Waals surface area contributed by atoms with Crippen LogP contribution in [0.4, 0.5) is 0 Å². The van der Waals surface area contributed by atoms with E-state index in [1.165, 1.54) is 6.92 Å². The highest BCUT2D eigenvalue weighted by molar-refractivity contribution is 5.93. The van der Waals surface area contributed by atoms with Crippen molar-refractivity contribution < 1.29 is 24.3 Å². The molecule has 0 heterocycles. The normalized spacial score (nSPS) is 14.1. The minimum atomic E-state index is -1.10. The first-order chi connectivity index (χ1) is 12.6. The molecule has 9 heteroatoms. The van der Waals surface area contributed by atoms with Crippen LogP contribution in [0.1, 0.15) is 53.4 Å². The Labute approximate surface area is 161 Å². The van der Waals surface area contributed by atoms with Gasteiger partial charge in [-0.3, -0.25) is 14.4 Å². The third kappa shape index (κ3) is 9.93. The van der Waals surface area contributed by atoms with E-state index < -0.39 is 35.9 Å². The standard InChI is InChI=1S/C18H34N4O5/c1-6-13(21-17(25)15(11(2)3)20-12(4)23)16(24)22-14(18(26)27)9-7-8-10-19-5/h11,13-15,19H,6-10H2,1-5H3,(H,20,23)(H,21,25)(H,22,24)(H,26,27)/t13-,14-,15-/m0/s1. The summed E-state index contributed by atoms with van der Waals surface area (Å²) < 4.78 is 0. The molecule has 0 rings (SSSR count). The van der Waals surface area contributed by atoms with Gasteiger partial charge in [0, 0.05) is 6.92 Å². The SMILES string of the molecule is CC[C@H](NC(=O)[C@@H](NC(C)=O)C(C)C)C(=O)N[C@@H](CCCCNC)C(=O)O. The molecule has 0 radical (unpaired) electrons. The van der Waals surface area contributed by atoms with E-state index in [1.807, 2.05) is 7.05 Å². The zero-order valence-electron chi connectivity index (χ0n) is 16.9. The average molecular weight is 386 g/mol. The molecule has 3 amide bonds. The van der Waals surface area contributed by atoms with Gasteiger partial charge in [0.1, 0.15) is 18.1 Å². The number of amides is 3. The van der Waals surface area contributed by atoms with E-state index in [1.54, 1.807) is 20.8 Å². The number of nitrogens with one attached hydrogen (secondary N) is 4. The Hall–Kier alpha value is -2.16. The van der Waals surface area contributed by atoms with Gasteiger partial charge in [0.05, 0.1) is 0 Å². The third-order valence-electron chi connectivity index (χ3n) is 4.13. The van der Waals surface area contributed by atoms with Gasteiger partial charge in [0.15, 0.2) is 0 Å². The first kappa shape index (κ1) is 24.8. The Bertz CT molecular complexity index is 510. The van der Waals surface area contributed by atoms with Crippen LogP contribution >= 0.6 is 0 Å². The average Bonchev–Trinajstić information content (AvgIpc) is 2.59. The number of carbonyl (C=O) groups excluding carboxylic acids is 3. The Balaban J connectivity index is 4.87. The third-order valence-corrected chi connectivity index (χ3v) is 4.13. The summed E-state index contributed by atoms with van der Waals surface area (Å²) in [4.78, 5) is 47.5. The van der Waals surface area contributed by atoms with Gasteiger partial charge in [0.25, 0.3) is 0 Å². The fourth-order valence-corrected chi connectivity index (χ4v) is 2.55. The number of carboxylic acids is 1. The second-order valence-corrected chi connectivity index (χ2v) is 6.89. The van der Waals surface area contributed by atoms with Gasteiger partial charge in [-0.05, 0) is 45.2 Å². The molecule has 0 saturated carbocycles. The van der Waals surface area contributed by atoms with Crippen LogP contribution in [0, 0.1) is 5.92 Å². The van der Waals surface area contributed by atoms with Gasteiger partial charge in [-0.2, -0.15) is 0 Å². The van der Waals surface area contributed by atoms with Crippen molar-refractivity contribution in [3.8, 4) is 0 Å². The molecule has 0 aromatic carbocycles. The van der Waals surface area contributed by atoms with E-state index in [-0.39, 0.29) is 11.8 Å². The smallest absolute Gasteiger partial charge is 0.326 e. The van der Waals surface area contributed by atoms with Crippen LogP contribution in [0.5, 0.6) is 0 Å². The number of unbranched alkanes of at least 4 members (excludes halogenated alkanes) is 1. The number of carboxylic acid groups (broad SMARTS) is 1. The summed E-state index contributed by atoms with van der Waals surface area (Å²) in [6.45, 7) is 7.38. The molecule has 0 aliphatic carbocycles. The summed E-state index contributed by atoms with van der Waals surface area (Å²) in [6.07, 6.45) is 2.07. The Morgan fingerprint density at radius 2 is 1.52 bits per heavy atom. The summed E-state index contributed by atoms with van der Waals surface area (Å²) in [5.41, 5.74) is 0. The van der Waals surface area contributed by atoms with Crippen LogP contribution in [0.25, 0.3) is 0 Å². The second-order valence-electron chi connectivity index (χ2n) is 6.89. The fourth-order valence-electron chi connectivity index (χ4n) is 2.55. The van der Waals surface area contributed by atoms with Crippen molar-refractivity contribution in [2.24, 2.45) is 5.92 Å². The molecule has 3 atom stereocenters. The van der Waals surface area contributed by atoms with Gasteiger partial charge in [0.2, 0.25) is 17.7 Å². The lowest BCUT2D eigenvalue weighted by Crippen LogP contribution is -2.56. The molecule has 5 N–H and O–H groups in total. The molecular formula is C18H34N4O5. The number of hydrogen-bond acceptors (Lipinski definition) is 5. The lowest BCUT2D eigenvalue weighted by Gasteiger charge is -2.25. The molecule has 0 saturated heterocycles. The quantitative estimate of drug-likeness (QED) is 0.283. The highest BCUT2D eigenvalue weighted by Crippen LogP contribution is 2.05. The summed E-state index contributed by atoms with van der Waals surface area (Å²) in [5.74, 6) is -2.62. The zero-order valence-corrected chi connectivity index (χ0v) is 16.9. The summed E-state index contributed by atoms with van der Waals surface area (Å²) in [6, 6.07) is -2.63. The molecule has 27 heavy (non-hydrogen) atoms. The van der Waals surface area contributed by atoms with Crippen LogP contribution in [-0.2, 0) is 19.2 Å². The molecule has 0 spiro atoms. The number of aliphatic carboxylic acids is 1. The van der Waals surface area contributed by atoms with Gasteiger partial charge >= 0.3 is 5.97 Å². The molecule has 9 nitrogen and oxygen atoms in total. The largest absolute Gasteiger partial charge is 0.480 e. The molecule has 0 aromatic heterocycles. The molecule has 0 fully saturated rings. The van der Waals surface area contributed by atoms with Crippen LogP contribution in [0.2, 0.25) is 0 Å². The van der Waals surface area contributed by atoms with Crippen molar-refractivity contribution in [2.75, 3.05) is 13.6 Å². The van der Waals surface area contributed by atoms with Crippen LogP contribution in [0.15, 0.2) is 0 Å².